The van der Waals surface area contributed by atoms with E-state index >= 15 is 0 Å². The molecule has 0 aromatic carbocycles. The van der Waals surface area contributed by atoms with E-state index in [0.717, 1.165) is 6.42 Å². The fourth-order valence-corrected chi connectivity index (χ4v) is 3.61. The number of Topliss-reactive ketones (excluding diaryl/α,β-unsaturated/α-hetero) is 1. The lowest BCUT2D eigenvalue weighted by molar-refractivity contribution is -0.129. The molecule has 4 atom stereocenters. The lowest BCUT2D eigenvalue weighted by Gasteiger charge is -2.28. The van der Waals surface area contributed by atoms with Crippen LogP contribution in [0.2, 0.25) is 0 Å². The number of hydrogen-bond donors (Lipinski definition) is 3. The average Bonchev–Trinajstić information content (AvgIpc) is 2.92. The second kappa shape index (κ2) is 12.7. The third-order valence-electron chi connectivity index (χ3n) is 5.73. The lowest BCUT2D eigenvalue weighted by Crippen LogP contribution is -2.28. The van der Waals surface area contributed by atoms with Crippen LogP contribution in [0.25, 0.3) is 0 Å². The molecular weight excluding hydrogens is 394 g/mol. The number of ketones is 1. The zero-order chi connectivity index (χ0) is 23.6. The summed E-state index contributed by atoms with van der Waals surface area (Å²) in [5.74, 6) is -1.23. The average molecular weight is 434 g/mol. The van der Waals surface area contributed by atoms with Gasteiger partial charge in [0.2, 0.25) is 11.8 Å². The third-order valence-corrected chi connectivity index (χ3v) is 5.73. The minimum absolute atomic E-state index is 0.0333. The summed E-state index contributed by atoms with van der Waals surface area (Å²) < 4.78 is 0. The van der Waals surface area contributed by atoms with Crippen LogP contribution < -0.4 is 5.32 Å². The van der Waals surface area contributed by atoms with Gasteiger partial charge in [-0.1, -0.05) is 49.8 Å². The number of aliphatic hydroxyl groups excluding tert-OH is 2. The van der Waals surface area contributed by atoms with Gasteiger partial charge >= 0.3 is 0 Å². The predicted octanol–water partition coefficient (Wildman–Crippen LogP) is 3.63. The largest absolute Gasteiger partial charge is 0.392 e. The maximum atomic E-state index is 12.3. The van der Waals surface area contributed by atoms with Crippen LogP contribution in [-0.2, 0) is 14.4 Å². The van der Waals surface area contributed by atoms with Gasteiger partial charge in [0.05, 0.1) is 12.2 Å². The number of carbonyl (C=O) groups is 3. The highest BCUT2D eigenvalue weighted by molar-refractivity contribution is 5.93. The number of unbranched alkanes of at least 4 members (excludes halogenated alkanes) is 1. The number of nitrogens with one attached hydrogen (secondary N) is 1. The number of imide groups is 1. The molecule has 1 aliphatic rings. The molecule has 0 aromatic rings. The first kappa shape index (κ1) is 27.0. The monoisotopic (exact) mass is 433 g/mol. The normalized spacial score (nSPS) is 22.8. The van der Waals surface area contributed by atoms with Crippen LogP contribution in [0.15, 0.2) is 36.0 Å². The second-order valence-corrected chi connectivity index (χ2v) is 9.43. The number of amides is 2. The van der Waals surface area contributed by atoms with Crippen molar-refractivity contribution in [3.63, 3.8) is 0 Å². The van der Waals surface area contributed by atoms with Crippen LogP contribution >= 0.6 is 0 Å². The molecule has 2 amide bonds. The Kier molecular flexibility index (Phi) is 11.1. The standard InChI is InChI=1S/C25H39NO5/c1-17(2)14-15-25(4,5)23(30)13-12-20-19(21(28)16-22(20)29)10-8-6-7-9-11-24(31)26-18(3)27/h6,8,12-14,19-20,22-23,29-30H,7,9-11,15-16H2,1-5H3,(H,26,27,31)/b8-6-,13-12+/t19-,20-,22-,23+/m1/s1. The van der Waals surface area contributed by atoms with E-state index in [0.29, 0.717) is 19.3 Å². The zero-order valence-corrected chi connectivity index (χ0v) is 19.6. The van der Waals surface area contributed by atoms with E-state index in [1.807, 2.05) is 39.8 Å². The molecule has 0 aliphatic heterocycles. The summed E-state index contributed by atoms with van der Waals surface area (Å²) in [5, 5.41) is 23.2. The molecule has 0 unspecified atom stereocenters. The van der Waals surface area contributed by atoms with Crippen molar-refractivity contribution >= 4 is 17.6 Å². The third kappa shape index (κ3) is 9.74. The first-order valence-corrected chi connectivity index (χ1v) is 11.1. The number of hydrogen-bond acceptors (Lipinski definition) is 5. The molecule has 1 fully saturated rings. The summed E-state index contributed by atoms with van der Waals surface area (Å²) in [6.45, 7) is 9.34. The van der Waals surface area contributed by atoms with Gasteiger partial charge in [-0.05, 0) is 44.9 Å². The van der Waals surface area contributed by atoms with Gasteiger partial charge in [0.1, 0.15) is 5.78 Å². The van der Waals surface area contributed by atoms with Gasteiger partial charge in [0.25, 0.3) is 0 Å². The Labute approximate surface area is 186 Å². The van der Waals surface area contributed by atoms with Crippen LogP contribution in [0.1, 0.15) is 73.1 Å². The Morgan fingerprint density at radius 3 is 2.52 bits per heavy atom. The highest BCUT2D eigenvalue weighted by atomic mass is 16.3. The van der Waals surface area contributed by atoms with Crippen molar-refractivity contribution in [3.05, 3.63) is 36.0 Å². The minimum Gasteiger partial charge on any atom is -0.392 e. The van der Waals surface area contributed by atoms with Gasteiger partial charge in [-0.3, -0.25) is 19.7 Å². The van der Waals surface area contributed by atoms with Crippen molar-refractivity contribution in [2.75, 3.05) is 0 Å². The number of allylic oxidation sites excluding steroid dienone is 4. The Morgan fingerprint density at radius 2 is 1.90 bits per heavy atom. The first-order chi connectivity index (χ1) is 14.4. The summed E-state index contributed by atoms with van der Waals surface area (Å²) in [5.41, 5.74) is 0.859. The number of aliphatic hydroxyl groups is 2. The predicted molar refractivity (Wildman–Crippen MR) is 122 cm³/mol. The number of carbonyl (C=O) groups excluding carboxylic acids is 3. The van der Waals surface area contributed by atoms with Crippen molar-refractivity contribution in [1.82, 2.24) is 5.32 Å². The van der Waals surface area contributed by atoms with Gasteiger partial charge in [0.15, 0.2) is 0 Å². The highest BCUT2D eigenvalue weighted by Gasteiger charge is 2.39. The second-order valence-electron chi connectivity index (χ2n) is 9.43. The van der Waals surface area contributed by atoms with Crippen LogP contribution in [0.5, 0.6) is 0 Å². The van der Waals surface area contributed by atoms with Gasteiger partial charge in [-0.2, -0.15) is 0 Å². The molecule has 1 saturated carbocycles. The Morgan fingerprint density at radius 1 is 1.23 bits per heavy atom. The molecule has 0 bridgehead atoms. The SMILES string of the molecule is CC(=O)NC(=O)CCC/C=C\C[C@H]1C(=O)C[C@@H](O)[C@@H]1/C=C/[C@H](O)C(C)(C)CC=C(C)C. The van der Waals surface area contributed by atoms with Crippen molar-refractivity contribution < 1.29 is 24.6 Å². The summed E-state index contributed by atoms with van der Waals surface area (Å²) in [4.78, 5) is 34.6. The quantitative estimate of drug-likeness (QED) is 0.341. The fourth-order valence-electron chi connectivity index (χ4n) is 3.61. The van der Waals surface area contributed by atoms with Crippen LogP contribution in [-0.4, -0.2) is 40.0 Å². The maximum Gasteiger partial charge on any atom is 0.226 e. The smallest absolute Gasteiger partial charge is 0.226 e. The lowest BCUT2D eigenvalue weighted by atomic mass is 9.81. The molecule has 0 spiro atoms. The Balaban J connectivity index is 2.61. The molecule has 0 radical (unpaired) electrons. The molecule has 174 valence electrons. The van der Waals surface area contributed by atoms with E-state index in [2.05, 4.69) is 11.4 Å². The molecule has 31 heavy (non-hydrogen) atoms. The first-order valence-electron chi connectivity index (χ1n) is 11.1. The van der Waals surface area contributed by atoms with Gasteiger partial charge in [0, 0.05) is 31.6 Å². The molecule has 6 heteroatoms. The molecule has 0 saturated heterocycles. The Hall–Kier alpha value is -2.05. The van der Waals surface area contributed by atoms with Crippen molar-refractivity contribution in [3.8, 4) is 0 Å². The summed E-state index contributed by atoms with van der Waals surface area (Å²) >= 11 is 0. The molecule has 1 rings (SSSR count). The maximum absolute atomic E-state index is 12.3. The van der Waals surface area contributed by atoms with E-state index in [1.54, 1.807) is 12.2 Å². The van der Waals surface area contributed by atoms with Crippen molar-refractivity contribution in [2.45, 2.75) is 85.4 Å². The van der Waals surface area contributed by atoms with E-state index < -0.39 is 12.2 Å². The van der Waals surface area contributed by atoms with Crippen molar-refractivity contribution in [2.24, 2.45) is 17.3 Å². The zero-order valence-electron chi connectivity index (χ0n) is 19.6. The fraction of sp³-hybridized carbons (Fsp3) is 0.640. The molecular formula is C25H39NO5. The van der Waals surface area contributed by atoms with E-state index in [9.17, 15) is 24.6 Å². The molecule has 0 heterocycles. The minimum atomic E-state index is -0.731. The highest BCUT2D eigenvalue weighted by Crippen LogP contribution is 2.34. The number of rotatable bonds is 11. The molecule has 1 aliphatic carbocycles. The van der Waals surface area contributed by atoms with Gasteiger partial charge < -0.3 is 10.2 Å². The topological polar surface area (TPSA) is 104 Å². The van der Waals surface area contributed by atoms with E-state index in [4.69, 9.17) is 0 Å². The van der Waals surface area contributed by atoms with Gasteiger partial charge in [-0.25, -0.2) is 0 Å². The summed E-state index contributed by atoms with van der Waals surface area (Å²) in [7, 11) is 0. The van der Waals surface area contributed by atoms with E-state index in [1.165, 1.54) is 12.5 Å². The van der Waals surface area contributed by atoms with Crippen LogP contribution in [0.3, 0.4) is 0 Å². The van der Waals surface area contributed by atoms with Crippen LogP contribution in [0.4, 0.5) is 0 Å². The van der Waals surface area contributed by atoms with E-state index in [-0.39, 0.29) is 47.7 Å². The van der Waals surface area contributed by atoms with Crippen molar-refractivity contribution in [1.29, 1.82) is 0 Å². The summed E-state index contributed by atoms with van der Waals surface area (Å²) in [6.07, 6.45) is 11.0. The molecule has 3 N–H and O–H groups in total. The molecule has 0 aromatic heterocycles. The molecule has 6 nitrogen and oxygen atoms in total. The van der Waals surface area contributed by atoms with Gasteiger partial charge in [-0.15, -0.1) is 0 Å². The summed E-state index contributed by atoms with van der Waals surface area (Å²) in [6, 6.07) is 0. The van der Waals surface area contributed by atoms with Crippen LogP contribution in [0, 0.1) is 17.3 Å². The Bertz CT molecular complexity index is 715.